The SMILES string of the molecule is CC(C)CC(=O)c1cc(C(F)(F)F)cc(C(F)(F)F)c1. The third-order valence-electron chi connectivity index (χ3n) is 2.50. The first-order valence-corrected chi connectivity index (χ1v) is 5.74. The maximum atomic E-state index is 12.6. The Morgan fingerprint density at radius 1 is 0.950 bits per heavy atom. The number of carbonyl (C=O) groups excluding carboxylic acids is 1. The number of hydrogen-bond acceptors (Lipinski definition) is 1. The molecule has 0 aromatic heterocycles. The number of ketones is 1. The second-order valence-corrected chi connectivity index (χ2v) is 4.82. The highest BCUT2D eigenvalue weighted by atomic mass is 19.4. The number of alkyl halides is 6. The number of carbonyl (C=O) groups is 1. The third kappa shape index (κ3) is 4.25. The Balaban J connectivity index is 3.35. The Kier molecular flexibility index (Phi) is 4.51. The van der Waals surface area contributed by atoms with Gasteiger partial charge in [-0.3, -0.25) is 4.79 Å². The van der Waals surface area contributed by atoms with Crippen LogP contribution in [0.4, 0.5) is 26.3 Å². The number of benzene rings is 1. The first-order valence-electron chi connectivity index (χ1n) is 5.74. The molecule has 1 aromatic rings. The van der Waals surface area contributed by atoms with Crippen molar-refractivity contribution in [3.63, 3.8) is 0 Å². The molecule has 1 aromatic carbocycles. The van der Waals surface area contributed by atoms with Gasteiger partial charge >= 0.3 is 12.4 Å². The van der Waals surface area contributed by atoms with Gasteiger partial charge in [0.15, 0.2) is 5.78 Å². The van der Waals surface area contributed by atoms with Crippen LogP contribution < -0.4 is 0 Å². The van der Waals surface area contributed by atoms with E-state index in [4.69, 9.17) is 0 Å². The molecule has 0 heterocycles. The smallest absolute Gasteiger partial charge is 0.294 e. The van der Waals surface area contributed by atoms with Crippen molar-refractivity contribution >= 4 is 5.78 Å². The summed E-state index contributed by atoms with van der Waals surface area (Å²) >= 11 is 0. The van der Waals surface area contributed by atoms with E-state index in [-0.39, 0.29) is 18.4 Å². The number of halogens is 6. The zero-order valence-electron chi connectivity index (χ0n) is 10.7. The normalized spacial score (nSPS) is 12.8. The molecule has 1 rings (SSSR count). The zero-order valence-corrected chi connectivity index (χ0v) is 10.7. The lowest BCUT2D eigenvalue weighted by Crippen LogP contribution is -2.14. The van der Waals surface area contributed by atoms with E-state index in [0.717, 1.165) is 0 Å². The van der Waals surface area contributed by atoms with Crippen LogP contribution in [0.15, 0.2) is 18.2 Å². The summed E-state index contributed by atoms with van der Waals surface area (Å²) in [5.41, 5.74) is -3.51. The van der Waals surface area contributed by atoms with Crippen LogP contribution in [-0.2, 0) is 12.4 Å². The predicted octanol–water partition coefficient (Wildman–Crippen LogP) is 4.95. The molecule has 0 bridgehead atoms. The van der Waals surface area contributed by atoms with Crippen molar-refractivity contribution in [2.45, 2.75) is 32.6 Å². The lowest BCUT2D eigenvalue weighted by molar-refractivity contribution is -0.143. The van der Waals surface area contributed by atoms with E-state index in [9.17, 15) is 31.1 Å². The fourth-order valence-electron chi connectivity index (χ4n) is 1.60. The van der Waals surface area contributed by atoms with Crippen LogP contribution in [0.1, 0.15) is 41.8 Å². The molecular weight excluding hydrogens is 286 g/mol. The monoisotopic (exact) mass is 298 g/mol. The molecule has 0 saturated carbocycles. The van der Waals surface area contributed by atoms with E-state index < -0.39 is 34.8 Å². The molecule has 0 fully saturated rings. The molecule has 0 aliphatic carbocycles. The van der Waals surface area contributed by atoms with E-state index in [1.807, 2.05) is 0 Å². The van der Waals surface area contributed by atoms with E-state index >= 15 is 0 Å². The molecule has 112 valence electrons. The van der Waals surface area contributed by atoms with Crippen molar-refractivity contribution in [2.75, 3.05) is 0 Å². The molecule has 1 nitrogen and oxygen atoms in total. The van der Waals surface area contributed by atoms with Crippen LogP contribution in [0.5, 0.6) is 0 Å². The molecule has 0 amide bonds. The highest BCUT2D eigenvalue weighted by Crippen LogP contribution is 2.36. The van der Waals surface area contributed by atoms with Gasteiger partial charge < -0.3 is 0 Å². The van der Waals surface area contributed by atoms with E-state index in [1.54, 1.807) is 13.8 Å². The maximum absolute atomic E-state index is 12.6. The van der Waals surface area contributed by atoms with Crippen molar-refractivity contribution in [3.05, 3.63) is 34.9 Å². The van der Waals surface area contributed by atoms with Crippen molar-refractivity contribution < 1.29 is 31.1 Å². The van der Waals surface area contributed by atoms with Crippen molar-refractivity contribution in [3.8, 4) is 0 Å². The van der Waals surface area contributed by atoms with Gasteiger partial charge in [0.2, 0.25) is 0 Å². The number of Topliss-reactive ketones (excluding diaryl/α,β-unsaturated/α-hetero) is 1. The minimum Gasteiger partial charge on any atom is -0.294 e. The van der Waals surface area contributed by atoms with Gasteiger partial charge in [0.1, 0.15) is 0 Å². The topological polar surface area (TPSA) is 17.1 Å². The minimum atomic E-state index is -4.94. The van der Waals surface area contributed by atoms with Crippen molar-refractivity contribution in [1.82, 2.24) is 0 Å². The van der Waals surface area contributed by atoms with Crippen molar-refractivity contribution in [2.24, 2.45) is 5.92 Å². The molecule has 0 atom stereocenters. The molecule has 0 saturated heterocycles. The number of rotatable bonds is 3. The van der Waals surface area contributed by atoms with E-state index in [0.29, 0.717) is 12.1 Å². The summed E-state index contributed by atoms with van der Waals surface area (Å²) in [6.07, 6.45) is -9.99. The summed E-state index contributed by atoms with van der Waals surface area (Å²) in [5, 5.41) is 0. The maximum Gasteiger partial charge on any atom is 0.416 e. The van der Waals surface area contributed by atoms with Crippen LogP contribution in [-0.4, -0.2) is 5.78 Å². The molecule has 0 aliphatic rings. The number of hydrogen-bond donors (Lipinski definition) is 0. The predicted molar refractivity (Wildman–Crippen MR) is 60.2 cm³/mol. The Morgan fingerprint density at radius 2 is 1.35 bits per heavy atom. The molecule has 7 heteroatoms. The lowest BCUT2D eigenvalue weighted by atomic mass is 9.97. The Hall–Kier alpha value is -1.53. The first-order chi connectivity index (χ1) is 8.91. The molecule has 20 heavy (non-hydrogen) atoms. The fourth-order valence-corrected chi connectivity index (χ4v) is 1.60. The Morgan fingerprint density at radius 3 is 1.65 bits per heavy atom. The minimum absolute atomic E-state index is 0.00611. The Bertz CT molecular complexity index is 466. The standard InChI is InChI=1S/C13H12F6O/c1-7(2)3-11(20)8-4-9(12(14,15)16)6-10(5-8)13(17,18)19/h4-7H,3H2,1-2H3. The molecule has 0 unspecified atom stereocenters. The molecule has 0 aliphatic heterocycles. The van der Waals surface area contributed by atoms with Gasteiger partial charge in [-0.05, 0) is 24.1 Å². The van der Waals surface area contributed by atoms with Gasteiger partial charge in [0.25, 0.3) is 0 Å². The summed E-state index contributed by atoms with van der Waals surface area (Å²) in [7, 11) is 0. The van der Waals surface area contributed by atoms with E-state index in [1.165, 1.54) is 0 Å². The van der Waals surface area contributed by atoms with Crippen LogP contribution in [0, 0.1) is 5.92 Å². The molecule has 0 N–H and O–H groups in total. The second kappa shape index (κ2) is 5.46. The van der Waals surface area contributed by atoms with Gasteiger partial charge in [-0.1, -0.05) is 13.8 Å². The quantitative estimate of drug-likeness (QED) is 0.570. The van der Waals surface area contributed by atoms with Gasteiger partial charge in [-0.15, -0.1) is 0 Å². The van der Waals surface area contributed by atoms with Crippen molar-refractivity contribution in [1.29, 1.82) is 0 Å². The molecule has 0 radical (unpaired) electrons. The van der Waals surface area contributed by atoms with Gasteiger partial charge in [0.05, 0.1) is 11.1 Å². The molecular formula is C13H12F6O. The highest BCUT2D eigenvalue weighted by Gasteiger charge is 2.37. The zero-order chi connectivity index (χ0) is 15.7. The third-order valence-corrected chi connectivity index (χ3v) is 2.50. The lowest BCUT2D eigenvalue weighted by Gasteiger charge is -2.14. The summed E-state index contributed by atoms with van der Waals surface area (Å²) < 4.78 is 75.5. The summed E-state index contributed by atoms with van der Waals surface area (Å²) in [6.45, 7) is 3.30. The van der Waals surface area contributed by atoms with Gasteiger partial charge in [-0.25, -0.2) is 0 Å². The fraction of sp³-hybridized carbons (Fsp3) is 0.462. The Labute approximate surface area is 111 Å². The van der Waals surface area contributed by atoms with Gasteiger partial charge in [-0.2, -0.15) is 26.3 Å². The largest absolute Gasteiger partial charge is 0.416 e. The summed E-state index contributed by atoms with van der Waals surface area (Å²) in [5.74, 6) is -0.900. The van der Waals surface area contributed by atoms with E-state index in [2.05, 4.69) is 0 Å². The average Bonchev–Trinajstić information content (AvgIpc) is 2.25. The summed E-state index contributed by atoms with van der Waals surface area (Å²) in [4.78, 5) is 11.7. The summed E-state index contributed by atoms with van der Waals surface area (Å²) in [6, 6.07) is 0.923. The van der Waals surface area contributed by atoms with Gasteiger partial charge in [0, 0.05) is 12.0 Å². The first kappa shape index (κ1) is 16.5. The highest BCUT2D eigenvalue weighted by molar-refractivity contribution is 5.96. The second-order valence-electron chi connectivity index (χ2n) is 4.82. The van der Waals surface area contributed by atoms with Crippen LogP contribution in [0.2, 0.25) is 0 Å². The van der Waals surface area contributed by atoms with Crippen LogP contribution in [0.25, 0.3) is 0 Å². The van der Waals surface area contributed by atoms with Crippen LogP contribution >= 0.6 is 0 Å². The van der Waals surface area contributed by atoms with Crippen LogP contribution in [0.3, 0.4) is 0 Å². The molecule has 0 spiro atoms. The average molecular weight is 298 g/mol.